The Balaban J connectivity index is 2.49. The Kier molecular flexibility index (Phi) is 2.17. The van der Waals surface area contributed by atoms with Crippen LogP contribution in [0.2, 0.25) is 0 Å². The van der Waals surface area contributed by atoms with Gasteiger partial charge in [-0.05, 0) is 6.42 Å². The highest BCUT2D eigenvalue weighted by atomic mass is 32.2. The van der Waals surface area contributed by atoms with Gasteiger partial charge in [0.1, 0.15) is 6.10 Å². The summed E-state index contributed by atoms with van der Waals surface area (Å²) in [5.41, 5.74) is 0. The van der Waals surface area contributed by atoms with Crippen molar-refractivity contribution in [2.75, 3.05) is 11.5 Å². The van der Waals surface area contributed by atoms with Gasteiger partial charge in [0.15, 0.2) is 9.84 Å². The third-order valence-electron chi connectivity index (χ3n) is 1.52. The zero-order chi connectivity index (χ0) is 8.48. The summed E-state index contributed by atoms with van der Waals surface area (Å²) in [6, 6.07) is 0. The molecule has 0 aromatic heterocycles. The monoisotopic (exact) mass is 178 g/mol. The molecule has 0 aromatic carbocycles. The van der Waals surface area contributed by atoms with E-state index in [9.17, 15) is 13.2 Å². The van der Waals surface area contributed by atoms with Crippen LogP contribution in [0.15, 0.2) is 0 Å². The highest BCUT2D eigenvalue weighted by Gasteiger charge is 2.29. The topological polar surface area (TPSA) is 60.4 Å². The van der Waals surface area contributed by atoms with Crippen molar-refractivity contribution < 1.29 is 17.9 Å². The van der Waals surface area contributed by atoms with Crippen molar-refractivity contribution in [2.24, 2.45) is 0 Å². The van der Waals surface area contributed by atoms with Gasteiger partial charge in [-0.3, -0.25) is 4.79 Å². The molecule has 0 bridgehead atoms. The van der Waals surface area contributed by atoms with E-state index in [1.807, 2.05) is 0 Å². The molecule has 0 radical (unpaired) electrons. The first-order valence-electron chi connectivity index (χ1n) is 3.37. The second-order valence-corrected chi connectivity index (χ2v) is 4.86. The van der Waals surface area contributed by atoms with Crippen LogP contribution in [-0.4, -0.2) is 32.0 Å². The SMILES string of the molecule is CC(=O)O[C@H]1CCS(=O)(=O)C1. The van der Waals surface area contributed by atoms with E-state index in [0.717, 1.165) is 0 Å². The molecule has 11 heavy (non-hydrogen) atoms. The maximum atomic E-state index is 10.8. The molecule has 0 N–H and O–H groups in total. The number of ether oxygens (including phenoxy) is 1. The molecule has 0 aliphatic carbocycles. The molecule has 5 heteroatoms. The van der Waals surface area contributed by atoms with Crippen LogP contribution in [0.1, 0.15) is 13.3 Å². The van der Waals surface area contributed by atoms with Gasteiger partial charge < -0.3 is 4.74 Å². The van der Waals surface area contributed by atoms with Gasteiger partial charge in [-0.2, -0.15) is 0 Å². The van der Waals surface area contributed by atoms with Crippen molar-refractivity contribution in [3.05, 3.63) is 0 Å². The van der Waals surface area contributed by atoms with E-state index in [1.54, 1.807) is 0 Å². The minimum absolute atomic E-state index is 0.00736. The second-order valence-electron chi connectivity index (χ2n) is 2.63. The molecular formula is C6H10O4S. The van der Waals surface area contributed by atoms with Crippen molar-refractivity contribution in [1.29, 1.82) is 0 Å². The standard InChI is InChI=1S/C6H10O4S/c1-5(7)10-6-2-3-11(8,9)4-6/h6H,2-4H2,1H3/t6-/m0/s1. The van der Waals surface area contributed by atoms with Crippen LogP contribution < -0.4 is 0 Å². The first-order valence-corrected chi connectivity index (χ1v) is 5.19. The quantitative estimate of drug-likeness (QED) is 0.519. The van der Waals surface area contributed by atoms with Gasteiger partial charge in [0.2, 0.25) is 0 Å². The Bertz CT molecular complexity index is 254. The number of carbonyl (C=O) groups excluding carboxylic acids is 1. The maximum Gasteiger partial charge on any atom is 0.302 e. The predicted molar refractivity (Wildman–Crippen MR) is 38.8 cm³/mol. The molecule has 0 saturated carbocycles. The van der Waals surface area contributed by atoms with Gasteiger partial charge in [0, 0.05) is 6.92 Å². The summed E-state index contributed by atoms with van der Waals surface area (Å²) < 4.78 is 26.4. The van der Waals surface area contributed by atoms with E-state index < -0.39 is 21.9 Å². The summed E-state index contributed by atoms with van der Waals surface area (Å²) in [5, 5.41) is 0. The van der Waals surface area contributed by atoms with Crippen molar-refractivity contribution in [3.63, 3.8) is 0 Å². The smallest absolute Gasteiger partial charge is 0.302 e. The molecule has 4 nitrogen and oxygen atoms in total. The van der Waals surface area contributed by atoms with Crippen LogP contribution in [-0.2, 0) is 19.4 Å². The van der Waals surface area contributed by atoms with Crippen LogP contribution in [0, 0.1) is 0 Å². The van der Waals surface area contributed by atoms with E-state index in [1.165, 1.54) is 6.92 Å². The lowest BCUT2D eigenvalue weighted by molar-refractivity contribution is -0.145. The summed E-state index contributed by atoms with van der Waals surface area (Å²) in [4.78, 5) is 10.4. The van der Waals surface area contributed by atoms with Crippen LogP contribution in [0.25, 0.3) is 0 Å². The van der Waals surface area contributed by atoms with E-state index in [4.69, 9.17) is 4.74 Å². The number of carbonyl (C=O) groups is 1. The van der Waals surface area contributed by atoms with E-state index in [0.29, 0.717) is 6.42 Å². The molecule has 1 saturated heterocycles. The highest BCUT2D eigenvalue weighted by Crippen LogP contribution is 2.14. The summed E-state index contributed by atoms with van der Waals surface area (Å²) in [6.45, 7) is 1.28. The van der Waals surface area contributed by atoms with Crippen molar-refractivity contribution in [3.8, 4) is 0 Å². The van der Waals surface area contributed by atoms with Crippen LogP contribution >= 0.6 is 0 Å². The average molecular weight is 178 g/mol. The molecule has 0 aromatic rings. The minimum Gasteiger partial charge on any atom is -0.461 e. The van der Waals surface area contributed by atoms with Gasteiger partial charge in [-0.1, -0.05) is 0 Å². The van der Waals surface area contributed by atoms with Crippen molar-refractivity contribution in [2.45, 2.75) is 19.4 Å². The van der Waals surface area contributed by atoms with Crippen LogP contribution in [0.5, 0.6) is 0 Å². The summed E-state index contributed by atoms with van der Waals surface area (Å²) >= 11 is 0. The molecule has 0 spiro atoms. The number of esters is 1. The van der Waals surface area contributed by atoms with E-state index in [2.05, 4.69) is 0 Å². The van der Waals surface area contributed by atoms with Crippen LogP contribution in [0.3, 0.4) is 0 Å². The summed E-state index contributed by atoms with van der Waals surface area (Å²) in [7, 11) is -2.92. The fourth-order valence-corrected chi connectivity index (χ4v) is 2.68. The molecule has 0 amide bonds. The Morgan fingerprint density at radius 2 is 2.18 bits per heavy atom. The lowest BCUT2D eigenvalue weighted by Crippen LogP contribution is -2.17. The molecule has 0 unspecified atom stereocenters. The number of hydrogen-bond donors (Lipinski definition) is 0. The van der Waals surface area contributed by atoms with Crippen LogP contribution in [0.4, 0.5) is 0 Å². The Morgan fingerprint density at radius 3 is 2.55 bits per heavy atom. The number of rotatable bonds is 1. The largest absolute Gasteiger partial charge is 0.461 e. The minimum atomic E-state index is -2.92. The Hall–Kier alpha value is -0.580. The van der Waals surface area contributed by atoms with E-state index >= 15 is 0 Å². The molecule has 1 rings (SSSR count). The number of sulfone groups is 1. The van der Waals surface area contributed by atoms with Gasteiger partial charge in [0.25, 0.3) is 0 Å². The normalized spacial score (nSPS) is 28.3. The maximum absolute atomic E-state index is 10.8. The number of hydrogen-bond acceptors (Lipinski definition) is 4. The average Bonchev–Trinajstić information content (AvgIpc) is 2.08. The first kappa shape index (κ1) is 8.52. The highest BCUT2D eigenvalue weighted by molar-refractivity contribution is 7.91. The van der Waals surface area contributed by atoms with Gasteiger partial charge in [-0.25, -0.2) is 8.42 Å². The fourth-order valence-electron chi connectivity index (χ4n) is 1.09. The zero-order valence-corrected chi connectivity index (χ0v) is 7.06. The van der Waals surface area contributed by atoms with Crippen molar-refractivity contribution >= 4 is 15.8 Å². The lowest BCUT2D eigenvalue weighted by atomic mass is 10.3. The van der Waals surface area contributed by atoms with Gasteiger partial charge in [0.05, 0.1) is 11.5 Å². The third-order valence-corrected chi connectivity index (χ3v) is 3.26. The Morgan fingerprint density at radius 1 is 1.55 bits per heavy atom. The molecule has 64 valence electrons. The second kappa shape index (κ2) is 2.81. The first-order chi connectivity index (χ1) is 4.99. The van der Waals surface area contributed by atoms with Gasteiger partial charge in [-0.15, -0.1) is 0 Å². The zero-order valence-electron chi connectivity index (χ0n) is 6.24. The predicted octanol–water partition coefficient (Wildman–Crippen LogP) is -0.263. The van der Waals surface area contributed by atoms with Crippen molar-refractivity contribution in [1.82, 2.24) is 0 Å². The van der Waals surface area contributed by atoms with Gasteiger partial charge >= 0.3 is 5.97 Å². The fraction of sp³-hybridized carbons (Fsp3) is 0.833. The van der Waals surface area contributed by atoms with E-state index in [-0.39, 0.29) is 11.5 Å². The molecule has 1 atom stereocenters. The lowest BCUT2D eigenvalue weighted by Gasteiger charge is -2.06. The third kappa shape index (κ3) is 2.49. The molecule has 1 aliphatic rings. The molecule has 1 heterocycles. The molecule has 1 fully saturated rings. The Labute approximate surface area is 65.5 Å². The molecular weight excluding hydrogens is 168 g/mol. The summed E-state index contributed by atoms with van der Waals surface area (Å²) in [5.74, 6) is -0.274. The summed E-state index contributed by atoms with van der Waals surface area (Å²) in [6.07, 6.45) is 0.0412. The molecule has 1 aliphatic heterocycles.